The van der Waals surface area contributed by atoms with Crippen LogP contribution < -0.4 is 5.32 Å². The maximum absolute atomic E-state index is 12.3. The number of nitrogens with zero attached hydrogens (tertiary/aromatic N) is 1. The Morgan fingerprint density at radius 2 is 1.95 bits per heavy atom. The lowest BCUT2D eigenvalue weighted by Gasteiger charge is -2.32. The molecule has 4 heteroatoms. The maximum Gasteiger partial charge on any atom is 0.228 e. The number of nitrogens with one attached hydrogen (secondary N) is 1. The first-order valence-corrected chi connectivity index (χ1v) is 6.82. The molecule has 2 aliphatic heterocycles. The number of carbonyl (C=O) groups is 1. The molecular weight excluding hydrogens is 260 g/mol. The number of carbonyl (C=O) groups excluding carboxylic acids is 1. The fraction of sp³-hybridized carbons (Fsp3) is 0.533. The van der Waals surface area contributed by atoms with Crippen molar-refractivity contribution >= 4 is 18.3 Å². The Balaban J connectivity index is 0.00000133. The third-order valence-corrected chi connectivity index (χ3v) is 4.26. The van der Waals surface area contributed by atoms with Crippen molar-refractivity contribution < 1.29 is 4.79 Å². The topological polar surface area (TPSA) is 32.3 Å². The molecule has 0 bridgehead atoms. The van der Waals surface area contributed by atoms with Crippen LogP contribution in [0.5, 0.6) is 0 Å². The van der Waals surface area contributed by atoms with Crippen molar-refractivity contribution in [2.45, 2.75) is 25.3 Å². The van der Waals surface area contributed by atoms with Crippen LogP contribution in [0.1, 0.15) is 24.8 Å². The summed E-state index contributed by atoms with van der Waals surface area (Å²) in [6.45, 7) is 4.78. The molecule has 2 heterocycles. The molecule has 2 saturated heterocycles. The minimum Gasteiger partial charge on any atom is -0.339 e. The summed E-state index contributed by atoms with van der Waals surface area (Å²) in [5.41, 5.74) is 1.37. The Labute approximate surface area is 120 Å². The lowest BCUT2D eigenvalue weighted by Crippen LogP contribution is -2.52. The summed E-state index contributed by atoms with van der Waals surface area (Å²) >= 11 is 0. The zero-order valence-corrected chi connectivity index (χ0v) is 12.0. The van der Waals surface area contributed by atoms with Crippen molar-refractivity contribution in [1.82, 2.24) is 10.2 Å². The highest BCUT2D eigenvalue weighted by atomic mass is 35.5. The molecule has 104 valence electrons. The minimum atomic E-state index is 0. The standard InChI is InChI=1S/C15H20N2O.ClH/c1-11-7-13(12-5-3-2-4-6-12)10-17(11)15(18)14-8-16-9-14;/h2-6,11,13-14,16H,7-10H2,1H3;1H. The average molecular weight is 281 g/mol. The Bertz CT molecular complexity index is 433. The Morgan fingerprint density at radius 3 is 2.53 bits per heavy atom. The average Bonchev–Trinajstić information content (AvgIpc) is 2.70. The van der Waals surface area contributed by atoms with Crippen LogP contribution in [0.25, 0.3) is 0 Å². The van der Waals surface area contributed by atoms with E-state index in [1.165, 1.54) is 5.56 Å². The van der Waals surface area contributed by atoms with Crippen LogP contribution in [-0.2, 0) is 4.79 Å². The number of halogens is 1. The second kappa shape index (κ2) is 5.93. The van der Waals surface area contributed by atoms with Gasteiger partial charge in [-0.2, -0.15) is 0 Å². The van der Waals surface area contributed by atoms with Crippen molar-refractivity contribution in [3.05, 3.63) is 35.9 Å². The summed E-state index contributed by atoms with van der Waals surface area (Å²) < 4.78 is 0. The first kappa shape index (κ1) is 14.4. The minimum absolute atomic E-state index is 0. The van der Waals surface area contributed by atoms with E-state index in [1.807, 2.05) is 6.07 Å². The lowest BCUT2D eigenvalue weighted by atomic mass is 9.97. The molecule has 2 atom stereocenters. The molecule has 0 radical (unpaired) electrons. The van der Waals surface area contributed by atoms with Gasteiger partial charge in [-0.3, -0.25) is 4.79 Å². The Kier molecular flexibility index (Phi) is 4.48. The van der Waals surface area contributed by atoms with Gasteiger partial charge < -0.3 is 10.2 Å². The van der Waals surface area contributed by atoms with Gasteiger partial charge in [0.05, 0.1) is 5.92 Å². The molecule has 1 N–H and O–H groups in total. The zero-order chi connectivity index (χ0) is 12.5. The molecule has 2 aliphatic rings. The predicted molar refractivity (Wildman–Crippen MR) is 78.6 cm³/mol. The summed E-state index contributed by atoms with van der Waals surface area (Å²) in [6, 6.07) is 10.9. The molecule has 1 aromatic rings. The molecule has 2 fully saturated rings. The van der Waals surface area contributed by atoms with Gasteiger partial charge in [0, 0.05) is 31.6 Å². The number of rotatable bonds is 2. The largest absolute Gasteiger partial charge is 0.339 e. The Hall–Kier alpha value is -1.06. The van der Waals surface area contributed by atoms with Gasteiger partial charge in [0.1, 0.15) is 0 Å². The van der Waals surface area contributed by atoms with E-state index >= 15 is 0 Å². The van der Waals surface area contributed by atoms with Gasteiger partial charge in [0.15, 0.2) is 0 Å². The highest BCUT2D eigenvalue weighted by molar-refractivity contribution is 5.85. The molecule has 1 aromatic carbocycles. The zero-order valence-electron chi connectivity index (χ0n) is 11.2. The lowest BCUT2D eigenvalue weighted by molar-refractivity contribution is -0.137. The molecule has 3 nitrogen and oxygen atoms in total. The number of hydrogen-bond acceptors (Lipinski definition) is 2. The predicted octanol–water partition coefficient (Wildman–Crippen LogP) is 2.03. The van der Waals surface area contributed by atoms with E-state index in [-0.39, 0.29) is 18.3 Å². The number of benzene rings is 1. The summed E-state index contributed by atoms with van der Waals surface area (Å²) in [4.78, 5) is 14.4. The van der Waals surface area contributed by atoms with Crippen molar-refractivity contribution in [3.63, 3.8) is 0 Å². The first-order valence-electron chi connectivity index (χ1n) is 6.82. The number of hydrogen-bond donors (Lipinski definition) is 1. The monoisotopic (exact) mass is 280 g/mol. The van der Waals surface area contributed by atoms with E-state index in [2.05, 4.69) is 41.4 Å². The first-order chi connectivity index (χ1) is 8.75. The second-order valence-corrected chi connectivity index (χ2v) is 5.54. The molecule has 1 amide bonds. The highest BCUT2D eigenvalue weighted by Crippen LogP contribution is 2.32. The van der Waals surface area contributed by atoms with Crippen molar-refractivity contribution in [1.29, 1.82) is 0 Å². The number of likely N-dealkylation sites (tertiary alicyclic amines) is 1. The van der Waals surface area contributed by atoms with Crippen LogP contribution in [-0.4, -0.2) is 36.5 Å². The van der Waals surface area contributed by atoms with E-state index in [4.69, 9.17) is 0 Å². The van der Waals surface area contributed by atoms with Crippen molar-refractivity contribution in [3.8, 4) is 0 Å². The Morgan fingerprint density at radius 1 is 1.26 bits per heavy atom. The molecule has 0 saturated carbocycles. The van der Waals surface area contributed by atoms with Crippen LogP contribution in [0.15, 0.2) is 30.3 Å². The number of amides is 1. The summed E-state index contributed by atoms with van der Waals surface area (Å²) in [6.07, 6.45) is 1.09. The smallest absolute Gasteiger partial charge is 0.228 e. The fourth-order valence-corrected chi connectivity index (χ4v) is 3.00. The van der Waals surface area contributed by atoms with Crippen LogP contribution in [0.4, 0.5) is 0 Å². The third kappa shape index (κ3) is 2.77. The molecule has 0 aliphatic carbocycles. The van der Waals surface area contributed by atoms with Gasteiger partial charge in [0.25, 0.3) is 0 Å². The molecule has 19 heavy (non-hydrogen) atoms. The third-order valence-electron chi connectivity index (χ3n) is 4.26. The highest BCUT2D eigenvalue weighted by Gasteiger charge is 2.37. The van der Waals surface area contributed by atoms with Gasteiger partial charge in [-0.05, 0) is 18.9 Å². The van der Waals surface area contributed by atoms with E-state index in [1.54, 1.807) is 0 Å². The van der Waals surface area contributed by atoms with E-state index in [0.717, 1.165) is 26.1 Å². The molecule has 0 spiro atoms. The van der Waals surface area contributed by atoms with E-state index < -0.39 is 0 Å². The SMILES string of the molecule is CC1CC(c2ccccc2)CN1C(=O)C1CNC1.Cl. The second-order valence-electron chi connectivity index (χ2n) is 5.54. The molecule has 2 unspecified atom stereocenters. The molecule has 3 rings (SSSR count). The summed E-state index contributed by atoms with van der Waals surface area (Å²) in [7, 11) is 0. The van der Waals surface area contributed by atoms with Gasteiger partial charge in [-0.25, -0.2) is 0 Å². The summed E-state index contributed by atoms with van der Waals surface area (Å²) in [5, 5.41) is 3.18. The fourth-order valence-electron chi connectivity index (χ4n) is 3.00. The molecule has 0 aromatic heterocycles. The quantitative estimate of drug-likeness (QED) is 0.899. The van der Waals surface area contributed by atoms with Crippen molar-refractivity contribution in [2.75, 3.05) is 19.6 Å². The van der Waals surface area contributed by atoms with Crippen LogP contribution in [0.3, 0.4) is 0 Å². The van der Waals surface area contributed by atoms with E-state index in [0.29, 0.717) is 17.9 Å². The van der Waals surface area contributed by atoms with Gasteiger partial charge >= 0.3 is 0 Å². The van der Waals surface area contributed by atoms with Gasteiger partial charge in [-0.1, -0.05) is 30.3 Å². The van der Waals surface area contributed by atoms with Crippen LogP contribution in [0, 0.1) is 5.92 Å². The molecular formula is C15H21ClN2O. The van der Waals surface area contributed by atoms with Crippen LogP contribution >= 0.6 is 12.4 Å². The maximum atomic E-state index is 12.3. The van der Waals surface area contributed by atoms with Gasteiger partial charge in [0.2, 0.25) is 5.91 Å². The van der Waals surface area contributed by atoms with Gasteiger partial charge in [-0.15, -0.1) is 12.4 Å². The van der Waals surface area contributed by atoms with Crippen molar-refractivity contribution in [2.24, 2.45) is 5.92 Å². The van der Waals surface area contributed by atoms with E-state index in [9.17, 15) is 4.79 Å². The summed E-state index contributed by atoms with van der Waals surface area (Å²) in [5.74, 6) is 1.08. The van der Waals surface area contributed by atoms with Crippen LogP contribution in [0.2, 0.25) is 0 Å². The normalized spacial score (nSPS) is 26.7.